The van der Waals surface area contributed by atoms with E-state index in [1.165, 1.54) is 29.5 Å². The maximum Gasteiger partial charge on any atom is 0.341 e. The molecule has 0 aliphatic carbocycles. The SMILES string of the molecule is CCCCOc1ccc(/C=C/C(=O)Nc2sc(C)c(-c3ccc([N+](=O)[O-])cc3)c2C(=O)OCC)cc1. The Hall–Kier alpha value is -3.98. The molecule has 188 valence electrons. The van der Waals surface area contributed by atoms with Crippen LogP contribution in [0.3, 0.4) is 0 Å². The van der Waals surface area contributed by atoms with Crippen LogP contribution in [-0.2, 0) is 9.53 Å². The summed E-state index contributed by atoms with van der Waals surface area (Å²) in [5, 5.41) is 14.1. The number of unbranched alkanes of at least 4 members (excludes halogenated alkanes) is 1. The summed E-state index contributed by atoms with van der Waals surface area (Å²) in [5.41, 5.74) is 2.19. The Morgan fingerprint density at radius 2 is 1.78 bits per heavy atom. The second kappa shape index (κ2) is 12.6. The number of carbonyl (C=O) groups is 2. The Labute approximate surface area is 213 Å². The van der Waals surface area contributed by atoms with Crippen molar-refractivity contribution in [3.8, 4) is 16.9 Å². The number of hydrogen-bond acceptors (Lipinski definition) is 7. The Bertz CT molecular complexity index is 1250. The Morgan fingerprint density at radius 1 is 1.08 bits per heavy atom. The predicted molar refractivity (Wildman–Crippen MR) is 142 cm³/mol. The molecule has 1 heterocycles. The number of non-ortho nitro benzene ring substituents is 1. The molecule has 0 aliphatic rings. The van der Waals surface area contributed by atoms with Crippen LogP contribution in [0, 0.1) is 17.0 Å². The summed E-state index contributed by atoms with van der Waals surface area (Å²) in [6, 6.07) is 13.3. The number of carbonyl (C=O) groups excluding carboxylic acids is 2. The van der Waals surface area contributed by atoms with Crippen molar-refractivity contribution in [3.63, 3.8) is 0 Å². The summed E-state index contributed by atoms with van der Waals surface area (Å²) in [7, 11) is 0. The average molecular weight is 509 g/mol. The fourth-order valence-electron chi connectivity index (χ4n) is 3.46. The van der Waals surface area contributed by atoms with Crippen molar-refractivity contribution in [1.29, 1.82) is 0 Å². The zero-order valence-corrected chi connectivity index (χ0v) is 21.2. The molecule has 0 spiro atoms. The number of esters is 1. The van der Waals surface area contributed by atoms with E-state index in [0.29, 0.717) is 22.7 Å². The summed E-state index contributed by atoms with van der Waals surface area (Å²) in [6.45, 7) is 6.45. The van der Waals surface area contributed by atoms with Gasteiger partial charge in [-0.3, -0.25) is 14.9 Å². The quantitative estimate of drug-likeness (QED) is 0.102. The van der Waals surface area contributed by atoms with Crippen molar-refractivity contribution in [3.05, 3.63) is 80.7 Å². The van der Waals surface area contributed by atoms with E-state index in [0.717, 1.165) is 29.0 Å². The molecular formula is C27H28N2O6S. The number of hydrogen-bond donors (Lipinski definition) is 1. The minimum absolute atomic E-state index is 0.0523. The molecular weight excluding hydrogens is 480 g/mol. The van der Waals surface area contributed by atoms with E-state index in [9.17, 15) is 19.7 Å². The summed E-state index contributed by atoms with van der Waals surface area (Å²) >= 11 is 1.24. The van der Waals surface area contributed by atoms with Crippen LogP contribution in [0.2, 0.25) is 0 Å². The van der Waals surface area contributed by atoms with E-state index in [1.807, 2.05) is 31.2 Å². The Morgan fingerprint density at radius 3 is 2.39 bits per heavy atom. The highest BCUT2D eigenvalue weighted by Crippen LogP contribution is 2.40. The van der Waals surface area contributed by atoms with Gasteiger partial charge < -0.3 is 14.8 Å². The summed E-state index contributed by atoms with van der Waals surface area (Å²) in [5.74, 6) is -0.203. The third kappa shape index (κ3) is 6.79. The highest BCUT2D eigenvalue weighted by atomic mass is 32.1. The van der Waals surface area contributed by atoms with Crippen LogP contribution >= 0.6 is 11.3 Å². The second-order valence-corrected chi connectivity index (χ2v) is 9.08. The molecule has 1 amide bonds. The van der Waals surface area contributed by atoms with Gasteiger partial charge in [0, 0.05) is 28.6 Å². The number of nitrogens with zero attached hydrogens (tertiary/aromatic N) is 1. The van der Waals surface area contributed by atoms with Crippen molar-refractivity contribution < 1.29 is 24.0 Å². The van der Waals surface area contributed by atoms with Crippen LogP contribution in [0.15, 0.2) is 54.6 Å². The molecule has 0 unspecified atom stereocenters. The highest BCUT2D eigenvalue weighted by molar-refractivity contribution is 7.17. The molecule has 3 aromatic rings. The van der Waals surface area contributed by atoms with Gasteiger partial charge in [0.2, 0.25) is 5.91 Å². The van der Waals surface area contributed by atoms with Crippen LogP contribution < -0.4 is 10.1 Å². The number of aryl methyl sites for hydroxylation is 1. The first-order valence-corrected chi connectivity index (χ1v) is 12.4. The van der Waals surface area contributed by atoms with E-state index < -0.39 is 16.8 Å². The third-order valence-corrected chi connectivity index (χ3v) is 6.26. The van der Waals surface area contributed by atoms with Gasteiger partial charge in [0.1, 0.15) is 16.3 Å². The van der Waals surface area contributed by atoms with Gasteiger partial charge in [0.15, 0.2) is 0 Å². The van der Waals surface area contributed by atoms with Gasteiger partial charge in [0.05, 0.1) is 18.1 Å². The predicted octanol–water partition coefficient (Wildman–Crippen LogP) is 6.64. The number of ether oxygens (including phenoxy) is 2. The molecule has 36 heavy (non-hydrogen) atoms. The minimum atomic E-state index is -0.576. The summed E-state index contributed by atoms with van der Waals surface area (Å²) in [6.07, 6.45) is 5.12. The Kier molecular flexibility index (Phi) is 9.35. The topological polar surface area (TPSA) is 108 Å². The number of nitro groups is 1. The first-order chi connectivity index (χ1) is 17.3. The lowest BCUT2D eigenvalue weighted by Crippen LogP contribution is -2.12. The van der Waals surface area contributed by atoms with E-state index in [1.54, 1.807) is 25.1 Å². The fourth-order valence-corrected chi connectivity index (χ4v) is 4.53. The molecule has 0 saturated carbocycles. The molecule has 3 rings (SSSR count). The van der Waals surface area contributed by atoms with E-state index in [4.69, 9.17) is 9.47 Å². The monoisotopic (exact) mass is 508 g/mol. The zero-order valence-electron chi connectivity index (χ0n) is 20.4. The molecule has 2 aromatic carbocycles. The molecule has 0 saturated heterocycles. The van der Waals surface area contributed by atoms with Crippen molar-refractivity contribution in [1.82, 2.24) is 0 Å². The lowest BCUT2D eigenvalue weighted by Gasteiger charge is -2.08. The number of amides is 1. The van der Waals surface area contributed by atoms with Crippen LogP contribution in [0.4, 0.5) is 10.7 Å². The van der Waals surface area contributed by atoms with Crippen molar-refractivity contribution >= 4 is 40.0 Å². The maximum absolute atomic E-state index is 12.8. The molecule has 1 aromatic heterocycles. The summed E-state index contributed by atoms with van der Waals surface area (Å²) < 4.78 is 10.9. The Balaban J connectivity index is 1.81. The van der Waals surface area contributed by atoms with Gasteiger partial charge in [-0.05, 0) is 61.7 Å². The van der Waals surface area contributed by atoms with Crippen molar-refractivity contribution in [2.75, 3.05) is 18.5 Å². The van der Waals surface area contributed by atoms with Gasteiger partial charge in [0.25, 0.3) is 5.69 Å². The average Bonchev–Trinajstić information content (AvgIpc) is 3.19. The lowest BCUT2D eigenvalue weighted by molar-refractivity contribution is -0.384. The first kappa shape index (κ1) is 26.6. The van der Waals surface area contributed by atoms with E-state index in [-0.39, 0.29) is 17.9 Å². The number of rotatable bonds is 11. The molecule has 0 fully saturated rings. The molecule has 0 aliphatic heterocycles. The van der Waals surface area contributed by atoms with Gasteiger partial charge in [-0.25, -0.2) is 4.79 Å². The van der Waals surface area contributed by atoms with Crippen molar-refractivity contribution in [2.24, 2.45) is 0 Å². The van der Waals surface area contributed by atoms with E-state index >= 15 is 0 Å². The summed E-state index contributed by atoms with van der Waals surface area (Å²) in [4.78, 5) is 36.8. The number of benzene rings is 2. The van der Waals surface area contributed by atoms with Crippen LogP contribution in [0.25, 0.3) is 17.2 Å². The van der Waals surface area contributed by atoms with Gasteiger partial charge in [-0.15, -0.1) is 11.3 Å². The van der Waals surface area contributed by atoms with Crippen LogP contribution in [-0.4, -0.2) is 30.0 Å². The van der Waals surface area contributed by atoms with Crippen LogP contribution in [0.5, 0.6) is 5.75 Å². The molecule has 0 radical (unpaired) electrons. The molecule has 0 bridgehead atoms. The van der Waals surface area contributed by atoms with Crippen LogP contribution in [0.1, 0.15) is 47.5 Å². The standard InChI is InChI=1S/C27H28N2O6S/c1-4-6-17-35-22-14-7-19(8-15-22)9-16-23(30)28-26-25(27(31)34-5-2)24(18(3)36-26)20-10-12-21(13-11-20)29(32)33/h7-16H,4-6,17H2,1-3H3,(H,28,30)/b16-9+. The smallest absolute Gasteiger partial charge is 0.341 e. The fraction of sp³-hybridized carbons (Fsp3) is 0.259. The number of nitrogens with one attached hydrogen (secondary N) is 1. The molecule has 0 atom stereocenters. The van der Waals surface area contributed by atoms with Gasteiger partial charge in [-0.1, -0.05) is 25.5 Å². The molecule has 9 heteroatoms. The van der Waals surface area contributed by atoms with Crippen molar-refractivity contribution in [2.45, 2.75) is 33.6 Å². The highest BCUT2D eigenvalue weighted by Gasteiger charge is 2.25. The second-order valence-electron chi connectivity index (χ2n) is 7.86. The van der Waals surface area contributed by atoms with E-state index in [2.05, 4.69) is 12.2 Å². The normalized spacial score (nSPS) is 10.9. The zero-order chi connectivity index (χ0) is 26.1. The maximum atomic E-state index is 12.8. The molecule has 8 nitrogen and oxygen atoms in total. The molecule has 1 N–H and O–H groups in total. The minimum Gasteiger partial charge on any atom is -0.494 e. The third-order valence-electron chi connectivity index (χ3n) is 5.24. The number of thiophene rings is 1. The van der Waals surface area contributed by atoms with Gasteiger partial charge in [-0.2, -0.15) is 0 Å². The number of anilines is 1. The lowest BCUT2D eigenvalue weighted by atomic mass is 10.0. The largest absolute Gasteiger partial charge is 0.494 e. The number of nitro benzene ring substituents is 1. The van der Waals surface area contributed by atoms with Gasteiger partial charge >= 0.3 is 5.97 Å². The first-order valence-electron chi connectivity index (χ1n) is 11.6.